The Hall–Kier alpha value is -1.18. The number of rotatable bonds is 7. The van der Waals surface area contributed by atoms with Crippen molar-refractivity contribution in [3.8, 4) is 0 Å². The summed E-state index contributed by atoms with van der Waals surface area (Å²) in [6, 6.07) is 3.70. The van der Waals surface area contributed by atoms with E-state index >= 15 is 0 Å². The van der Waals surface area contributed by atoms with Crippen LogP contribution in [0.4, 0.5) is 0 Å². The Labute approximate surface area is 98.1 Å². The molecule has 0 aliphatic rings. The van der Waals surface area contributed by atoms with Gasteiger partial charge in [-0.3, -0.25) is 9.78 Å². The maximum absolute atomic E-state index is 11.9. The fourth-order valence-electron chi connectivity index (χ4n) is 1.80. The minimum absolute atomic E-state index is 0.238. The summed E-state index contributed by atoms with van der Waals surface area (Å²) in [5.74, 6) is 0.238. The van der Waals surface area contributed by atoms with Gasteiger partial charge in [0, 0.05) is 23.9 Å². The zero-order chi connectivity index (χ0) is 11.8. The van der Waals surface area contributed by atoms with Crippen molar-refractivity contribution in [1.29, 1.82) is 0 Å². The predicted octanol–water partition coefficient (Wildman–Crippen LogP) is 3.93. The van der Waals surface area contributed by atoms with Crippen LogP contribution >= 0.6 is 0 Å². The van der Waals surface area contributed by atoms with Gasteiger partial charge in [-0.15, -0.1) is 0 Å². The lowest BCUT2D eigenvalue weighted by Gasteiger charge is -2.03. The van der Waals surface area contributed by atoms with Crippen LogP contribution in [-0.2, 0) is 0 Å². The quantitative estimate of drug-likeness (QED) is 0.513. The molecule has 1 aromatic rings. The number of unbranched alkanes of at least 4 members (excludes halogenated alkanes) is 4. The summed E-state index contributed by atoms with van der Waals surface area (Å²) in [5, 5.41) is 0. The lowest BCUT2D eigenvalue weighted by atomic mass is 10.0. The van der Waals surface area contributed by atoms with Gasteiger partial charge in [-0.2, -0.15) is 0 Å². The molecule has 2 nitrogen and oxygen atoms in total. The Balaban J connectivity index is 2.33. The zero-order valence-electron chi connectivity index (χ0n) is 10.3. The van der Waals surface area contributed by atoms with E-state index in [0.717, 1.165) is 17.7 Å². The first kappa shape index (κ1) is 12.9. The van der Waals surface area contributed by atoms with Crippen molar-refractivity contribution in [3.63, 3.8) is 0 Å². The first-order valence-corrected chi connectivity index (χ1v) is 6.20. The van der Waals surface area contributed by atoms with Gasteiger partial charge >= 0.3 is 0 Å². The average molecular weight is 219 g/mol. The molecule has 88 valence electrons. The van der Waals surface area contributed by atoms with Crippen LogP contribution in [0, 0.1) is 6.92 Å². The van der Waals surface area contributed by atoms with Crippen LogP contribution in [-0.4, -0.2) is 10.8 Å². The molecule has 0 radical (unpaired) electrons. The molecular weight excluding hydrogens is 198 g/mol. The van der Waals surface area contributed by atoms with Gasteiger partial charge in [0.25, 0.3) is 0 Å². The van der Waals surface area contributed by atoms with Crippen molar-refractivity contribution in [1.82, 2.24) is 4.98 Å². The number of Topliss-reactive ketones (excluding diaryl/α,β-unsaturated/α-hetero) is 1. The molecule has 2 heteroatoms. The summed E-state index contributed by atoms with van der Waals surface area (Å²) >= 11 is 0. The highest BCUT2D eigenvalue weighted by atomic mass is 16.1. The van der Waals surface area contributed by atoms with Gasteiger partial charge in [-0.05, 0) is 25.5 Å². The second kappa shape index (κ2) is 7.15. The summed E-state index contributed by atoms with van der Waals surface area (Å²) in [6.45, 7) is 4.09. The molecule has 1 rings (SSSR count). The molecule has 0 aliphatic heterocycles. The third kappa shape index (κ3) is 4.13. The number of hydrogen-bond donors (Lipinski definition) is 0. The van der Waals surface area contributed by atoms with Crippen LogP contribution in [0.5, 0.6) is 0 Å². The molecule has 0 saturated carbocycles. The fraction of sp³-hybridized carbons (Fsp3) is 0.571. The highest BCUT2D eigenvalue weighted by Crippen LogP contribution is 2.11. The molecule has 0 spiro atoms. The number of hydrogen-bond acceptors (Lipinski definition) is 2. The Kier molecular flexibility index (Phi) is 5.76. The van der Waals surface area contributed by atoms with E-state index in [-0.39, 0.29) is 5.78 Å². The van der Waals surface area contributed by atoms with E-state index in [1.807, 2.05) is 19.1 Å². The number of aryl methyl sites for hydroxylation is 1. The smallest absolute Gasteiger partial charge is 0.164 e. The number of aromatic nitrogens is 1. The van der Waals surface area contributed by atoms with Crippen molar-refractivity contribution in [3.05, 3.63) is 29.6 Å². The SMILES string of the molecule is CCCCCCCC(=O)c1cccnc1C. The minimum Gasteiger partial charge on any atom is -0.294 e. The van der Waals surface area contributed by atoms with E-state index in [4.69, 9.17) is 0 Å². The van der Waals surface area contributed by atoms with Gasteiger partial charge in [0.1, 0.15) is 0 Å². The summed E-state index contributed by atoms with van der Waals surface area (Å²) in [5.41, 5.74) is 1.64. The van der Waals surface area contributed by atoms with Crippen LogP contribution in [0.2, 0.25) is 0 Å². The Morgan fingerprint density at radius 2 is 2.00 bits per heavy atom. The standard InChI is InChI=1S/C14H21NO/c1-3-4-5-6-7-10-14(16)13-9-8-11-15-12(13)2/h8-9,11H,3-7,10H2,1-2H3. The third-order valence-electron chi connectivity index (χ3n) is 2.81. The van der Waals surface area contributed by atoms with Crippen molar-refractivity contribution < 1.29 is 4.79 Å². The predicted molar refractivity (Wildman–Crippen MR) is 66.7 cm³/mol. The number of carbonyl (C=O) groups excluding carboxylic acids is 1. The van der Waals surface area contributed by atoms with Crippen LogP contribution in [0.15, 0.2) is 18.3 Å². The maximum atomic E-state index is 11.9. The molecule has 1 aromatic heterocycles. The number of ketones is 1. The molecular formula is C14H21NO. The van der Waals surface area contributed by atoms with Crippen molar-refractivity contribution in [2.45, 2.75) is 52.4 Å². The van der Waals surface area contributed by atoms with Gasteiger partial charge in [-0.25, -0.2) is 0 Å². The molecule has 16 heavy (non-hydrogen) atoms. The molecule has 0 N–H and O–H groups in total. The minimum atomic E-state index is 0.238. The highest BCUT2D eigenvalue weighted by molar-refractivity contribution is 5.96. The van der Waals surface area contributed by atoms with Gasteiger partial charge in [0.15, 0.2) is 5.78 Å². The summed E-state index contributed by atoms with van der Waals surface area (Å²) in [6.07, 6.45) is 8.33. The fourth-order valence-corrected chi connectivity index (χ4v) is 1.80. The number of carbonyl (C=O) groups is 1. The maximum Gasteiger partial charge on any atom is 0.164 e. The van der Waals surface area contributed by atoms with E-state index in [0.29, 0.717) is 6.42 Å². The first-order chi connectivity index (χ1) is 7.75. The number of pyridine rings is 1. The van der Waals surface area contributed by atoms with Gasteiger partial charge < -0.3 is 0 Å². The molecule has 0 saturated heterocycles. The highest BCUT2D eigenvalue weighted by Gasteiger charge is 2.08. The van der Waals surface area contributed by atoms with E-state index in [2.05, 4.69) is 11.9 Å². The lowest BCUT2D eigenvalue weighted by Crippen LogP contribution is -2.02. The van der Waals surface area contributed by atoms with Crippen LogP contribution in [0.25, 0.3) is 0 Å². The monoisotopic (exact) mass is 219 g/mol. The molecule has 0 atom stereocenters. The molecule has 0 unspecified atom stereocenters. The van der Waals surface area contributed by atoms with Gasteiger partial charge in [0.2, 0.25) is 0 Å². The summed E-state index contributed by atoms with van der Waals surface area (Å²) in [4.78, 5) is 16.0. The van der Waals surface area contributed by atoms with Crippen molar-refractivity contribution in [2.75, 3.05) is 0 Å². The average Bonchev–Trinajstić information content (AvgIpc) is 2.29. The number of nitrogens with zero attached hydrogens (tertiary/aromatic N) is 1. The van der Waals surface area contributed by atoms with Crippen LogP contribution in [0.3, 0.4) is 0 Å². The van der Waals surface area contributed by atoms with Gasteiger partial charge in [0.05, 0.1) is 0 Å². The van der Waals surface area contributed by atoms with Gasteiger partial charge in [-0.1, -0.05) is 32.6 Å². The van der Waals surface area contributed by atoms with Crippen LogP contribution in [0.1, 0.15) is 61.5 Å². The molecule has 0 fully saturated rings. The molecule has 0 amide bonds. The van der Waals surface area contributed by atoms with E-state index in [9.17, 15) is 4.79 Å². The van der Waals surface area contributed by atoms with E-state index in [1.54, 1.807) is 6.20 Å². The molecule has 0 bridgehead atoms. The molecule has 0 aromatic carbocycles. The second-order valence-corrected chi connectivity index (χ2v) is 4.22. The third-order valence-corrected chi connectivity index (χ3v) is 2.81. The second-order valence-electron chi connectivity index (χ2n) is 4.22. The molecule has 1 heterocycles. The Morgan fingerprint density at radius 1 is 1.25 bits per heavy atom. The Bertz CT molecular complexity index is 333. The first-order valence-electron chi connectivity index (χ1n) is 6.20. The Morgan fingerprint density at radius 3 is 2.69 bits per heavy atom. The largest absolute Gasteiger partial charge is 0.294 e. The topological polar surface area (TPSA) is 30.0 Å². The normalized spacial score (nSPS) is 10.4. The van der Waals surface area contributed by atoms with E-state index in [1.165, 1.54) is 25.7 Å². The van der Waals surface area contributed by atoms with E-state index < -0.39 is 0 Å². The van der Waals surface area contributed by atoms with Crippen molar-refractivity contribution >= 4 is 5.78 Å². The van der Waals surface area contributed by atoms with Crippen LogP contribution < -0.4 is 0 Å². The summed E-state index contributed by atoms with van der Waals surface area (Å²) < 4.78 is 0. The summed E-state index contributed by atoms with van der Waals surface area (Å²) in [7, 11) is 0. The zero-order valence-corrected chi connectivity index (χ0v) is 10.3. The van der Waals surface area contributed by atoms with Crippen molar-refractivity contribution in [2.24, 2.45) is 0 Å². The lowest BCUT2D eigenvalue weighted by molar-refractivity contribution is 0.0978. The molecule has 0 aliphatic carbocycles.